The molecule has 32 heavy (non-hydrogen) atoms. The fraction of sp³-hybridized carbons (Fsp3) is 0.333. The molecule has 3 saturated carbocycles. The molecule has 5 heteroatoms. The molecule has 0 amide bonds. The third-order valence-corrected chi connectivity index (χ3v) is 7.31. The van der Waals surface area contributed by atoms with Gasteiger partial charge in [0.05, 0.1) is 5.56 Å². The summed E-state index contributed by atoms with van der Waals surface area (Å²) in [5.41, 5.74) is -0.467. The van der Waals surface area contributed by atoms with Crippen LogP contribution in [0.2, 0.25) is 0 Å². The SMILES string of the molecule is CCCCC12CC(c3c(-c4c(F)cc(-c5ccccc5)cc4F)cc(F)c(F)c3F)(C1)C2. The van der Waals surface area contributed by atoms with Gasteiger partial charge in [0.25, 0.3) is 0 Å². The van der Waals surface area contributed by atoms with Crippen LogP contribution in [-0.2, 0) is 5.41 Å². The fourth-order valence-corrected chi connectivity index (χ4v) is 6.02. The van der Waals surface area contributed by atoms with Crippen molar-refractivity contribution in [3.05, 3.63) is 83.2 Å². The number of hydrogen-bond donors (Lipinski definition) is 0. The van der Waals surface area contributed by atoms with E-state index in [1.54, 1.807) is 30.3 Å². The molecular weight excluding hydrogens is 419 g/mol. The van der Waals surface area contributed by atoms with Crippen molar-refractivity contribution < 1.29 is 22.0 Å². The molecule has 0 N–H and O–H groups in total. The monoisotopic (exact) mass is 442 g/mol. The summed E-state index contributed by atoms with van der Waals surface area (Å²) < 4.78 is 74.0. The number of hydrogen-bond acceptors (Lipinski definition) is 0. The molecule has 0 nitrogen and oxygen atoms in total. The summed E-state index contributed by atoms with van der Waals surface area (Å²) in [7, 11) is 0. The molecule has 3 aromatic carbocycles. The molecule has 0 aromatic heterocycles. The van der Waals surface area contributed by atoms with E-state index in [0.29, 0.717) is 30.4 Å². The van der Waals surface area contributed by atoms with Crippen LogP contribution in [0.25, 0.3) is 22.3 Å². The standard InChI is InChI=1S/C27H23F5/c1-2-3-9-26-13-27(14-26,15-26)23-18(12-21(30)24(31)25(23)32)22-19(28)10-17(11-20(22)29)16-7-5-4-6-8-16/h4-8,10-12H,2-3,9,13-15H2,1H3. The van der Waals surface area contributed by atoms with E-state index < -0.39 is 40.1 Å². The Hall–Kier alpha value is -2.69. The van der Waals surface area contributed by atoms with Crippen LogP contribution in [0.3, 0.4) is 0 Å². The normalized spacial score (nSPS) is 23.6. The van der Waals surface area contributed by atoms with E-state index >= 15 is 13.2 Å². The van der Waals surface area contributed by atoms with Crippen LogP contribution < -0.4 is 0 Å². The zero-order valence-corrected chi connectivity index (χ0v) is 17.8. The van der Waals surface area contributed by atoms with E-state index in [1.165, 1.54) is 0 Å². The number of rotatable bonds is 6. The third kappa shape index (κ3) is 3.08. The highest BCUT2D eigenvalue weighted by molar-refractivity contribution is 5.75. The van der Waals surface area contributed by atoms with Crippen LogP contribution in [0.1, 0.15) is 51.0 Å². The van der Waals surface area contributed by atoms with Gasteiger partial charge in [0.2, 0.25) is 0 Å². The first kappa shape index (κ1) is 21.2. The van der Waals surface area contributed by atoms with E-state index in [-0.39, 0.29) is 16.5 Å². The Bertz CT molecular complexity index is 1160. The maximum Gasteiger partial charge on any atom is 0.194 e. The summed E-state index contributed by atoms with van der Waals surface area (Å²) >= 11 is 0. The molecule has 0 aliphatic heterocycles. The van der Waals surface area contributed by atoms with Gasteiger partial charge in [-0.1, -0.05) is 50.1 Å². The summed E-state index contributed by atoms with van der Waals surface area (Å²) in [6.45, 7) is 2.10. The van der Waals surface area contributed by atoms with E-state index in [2.05, 4.69) is 6.92 Å². The fourth-order valence-electron chi connectivity index (χ4n) is 6.02. The van der Waals surface area contributed by atoms with Crippen LogP contribution in [-0.4, -0.2) is 0 Å². The van der Waals surface area contributed by atoms with Crippen molar-refractivity contribution in [2.45, 2.75) is 50.9 Å². The molecule has 3 fully saturated rings. The van der Waals surface area contributed by atoms with Crippen molar-refractivity contribution in [3.8, 4) is 22.3 Å². The van der Waals surface area contributed by atoms with Gasteiger partial charge in [-0.15, -0.1) is 0 Å². The summed E-state index contributed by atoms with van der Waals surface area (Å²) in [5.74, 6) is -6.21. The minimum absolute atomic E-state index is 0.0833. The van der Waals surface area contributed by atoms with Crippen LogP contribution in [0.5, 0.6) is 0 Å². The first-order valence-electron chi connectivity index (χ1n) is 11.0. The predicted octanol–water partition coefficient (Wildman–Crippen LogP) is 8.33. The van der Waals surface area contributed by atoms with E-state index in [4.69, 9.17) is 0 Å². The van der Waals surface area contributed by atoms with Gasteiger partial charge in [0.1, 0.15) is 11.6 Å². The molecule has 0 radical (unpaired) electrons. The van der Waals surface area contributed by atoms with E-state index in [9.17, 15) is 8.78 Å². The average Bonchev–Trinajstić information content (AvgIpc) is 2.72. The van der Waals surface area contributed by atoms with Gasteiger partial charge in [-0.3, -0.25) is 0 Å². The summed E-state index contributed by atoms with van der Waals surface area (Å²) in [5, 5.41) is 0. The quantitative estimate of drug-likeness (QED) is 0.266. The lowest BCUT2D eigenvalue weighted by molar-refractivity contribution is -0.148. The van der Waals surface area contributed by atoms with Crippen LogP contribution in [0.4, 0.5) is 22.0 Å². The number of halogens is 5. The zero-order valence-electron chi connectivity index (χ0n) is 17.8. The van der Waals surface area contributed by atoms with Crippen molar-refractivity contribution in [3.63, 3.8) is 0 Å². The Labute approximate surface area is 184 Å². The summed E-state index contributed by atoms with van der Waals surface area (Å²) in [6.07, 6.45) is 5.01. The van der Waals surface area contributed by atoms with Gasteiger partial charge in [-0.05, 0) is 66.0 Å². The lowest BCUT2D eigenvalue weighted by Gasteiger charge is -2.72. The van der Waals surface area contributed by atoms with Crippen molar-refractivity contribution in [1.29, 1.82) is 0 Å². The van der Waals surface area contributed by atoms with E-state index in [1.807, 2.05) is 0 Å². The molecule has 0 atom stereocenters. The first-order valence-corrected chi connectivity index (χ1v) is 11.0. The molecule has 6 rings (SSSR count). The Kier molecular flexibility index (Phi) is 4.92. The molecule has 0 spiro atoms. The third-order valence-electron chi connectivity index (χ3n) is 7.31. The van der Waals surface area contributed by atoms with Gasteiger partial charge < -0.3 is 0 Å². The second kappa shape index (κ2) is 7.43. The molecule has 0 heterocycles. The second-order valence-corrected chi connectivity index (χ2v) is 9.50. The predicted molar refractivity (Wildman–Crippen MR) is 115 cm³/mol. The molecule has 3 aliphatic rings. The lowest BCUT2D eigenvalue weighted by atomic mass is 9.32. The van der Waals surface area contributed by atoms with Gasteiger partial charge in [0, 0.05) is 11.0 Å². The van der Waals surface area contributed by atoms with Crippen LogP contribution >= 0.6 is 0 Å². The minimum atomic E-state index is -1.59. The molecule has 0 unspecified atom stereocenters. The molecule has 0 saturated heterocycles. The maximum absolute atomic E-state index is 15.2. The molecule has 3 aliphatic carbocycles. The van der Waals surface area contributed by atoms with E-state index in [0.717, 1.165) is 37.5 Å². The molecule has 3 aromatic rings. The highest BCUT2D eigenvalue weighted by Gasteiger charge is 2.68. The van der Waals surface area contributed by atoms with Crippen molar-refractivity contribution >= 4 is 0 Å². The molecule has 166 valence electrons. The molecular formula is C27H23F5. The largest absolute Gasteiger partial charge is 0.206 e. The highest BCUT2D eigenvalue weighted by atomic mass is 19.2. The van der Waals surface area contributed by atoms with Crippen molar-refractivity contribution in [1.82, 2.24) is 0 Å². The van der Waals surface area contributed by atoms with Gasteiger partial charge in [0.15, 0.2) is 17.5 Å². The Balaban J connectivity index is 1.61. The summed E-state index contributed by atoms with van der Waals surface area (Å²) in [4.78, 5) is 0. The summed E-state index contributed by atoms with van der Waals surface area (Å²) in [6, 6.07) is 11.8. The Morgan fingerprint density at radius 2 is 1.38 bits per heavy atom. The average molecular weight is 442 g/mol. The highest BCUT2D eigenvalue weighted by Crippen LogP contribution is 2.76. The number of unbranched alkanes of at least 4 members (excludes halogenated alkanes) is 1. The van der Waals surface area contributed by atoms with Crippen LogP contribution in [0.15, 0.2) is 48.5 Å². The smallest absolute Gasteiger partial charge is 0.194 e. The Morgan fingerprint density at radius 1 is 0.750 bits per heavy atom. The van der Waals surface area contributed by atoms with Crippen molar-refractivity contribution in [2.24, 2.45) is 5.41 Å². The zero-order chi connectivity index (χ0) is 22.7. The van der Waals surface area contributed by atoms with Crippen molar-refractivity contribution in [2.75, 3.05) is 0 Å². The minimum Gasteiger partial charge on any atom is -0.206 e. The maximum atomic E-state index is 15.2. The second-order valence-electron chi connectivity index (χ2n) is 9.50. The van der Waals surface area contributed by atoms with Gasteiger partial charge in [-0.25, -0.2) is 22.0 Å². The topological polar surface area (TPSA) is 0 Å². The first-order chi connectivity index (χ1) is 15.3. The lowest BCUT2D eigenvalue weighted by Crippen LogP contribution is -2.64. The van der Waals surface area contributed by atoms with Crippen LogP contribution in [0, 0.1) is 34.5 Å². The Morgan fingerprint density at radius 3 is 1.97 bits per heavy atom. The molecule has 2 bridgehead atoms. The van der Waals surface area contributed by atoms with Gasteiger partial charge in [-0.2, -0.15) is 0 Å². The van der Waals surface area contributed by atoms with Gasteiger partial charge >= 0.3 is 0 Å². The number of benzene rings is 3.